The number of anilines is 1. The van der Waals surface area contributed by atoms with Crippen LogP contribution in [0.1, 0.15) is 23.2 Å². The third kappa shape index (κ3) is 5.69. The lowest BCUT2D eigenvalue weighted by Gasteiger charge is -2.31. The highest BCUT2D eigenvalue weighted by Crippen LogP contribution is 2.21. The minimum atomic E-state index is -3.86. The fourth-order valence-electron chi connectivity index (χ4n) is 3.35. The largest absolute Gasteiger partial charge is 0.352 e. The number of nitrogens with zero attached hydrogens (tertiary/aromatic N) is 1. The highest BCUT2D eigenvalue weighted by Gasteiger charge is 2.27. The summed E-state index contributed by atoms with van der Waals surface area (Å²) in [5.41, 5.74) is 0.720. The van der Waals surface area contributed by atoms with E-state index in [2.05, 4.69) is 16.6 Å². The van der Waals surface area contributed by atoms with Crippen LogP contribution in [0.2, 0.25) is 0 Å². The van der Waals surface area contributed by atoms with Crippen molar-refractivity contribution in [3.63, 3.8) is 0 Å². The summed E-state index contributed by atoms with van der Waals surface area (Å²) in [6, 6.07) is 10.6. The second-order valence-corrected chi connectivity index (χ2v) is 8.92. The SMILES string of the molecule is C=CCNC(=O)C1CCN(C(=O)c2ccc(NS(=O)(=O)c3ccc(F)cc3)cc2)CC1. The van der Waals surface area contributed by atoms with E-state index in [1.165, 1.54) is 24.3 Å². The van der Waals surface area contributed by atoms with Crippen LogP contribution in [0.15, 0.2) is 66.1 Å². The van der Waals surface area contributed by atoms with Crippen molar-refractivity contribution in [1.29, 1.82) is 0 Å². The quantitative estimate of drug-likeness (QED) is 0.641. The third-order valence-corrected chi connectivity index (χ3v) is 6.48. The van der Waals surface area contributed by atoms with E-state index in [4.69, 9.17) is 0 Å². The Balaban J connectivity index is 1.59. The fraction of sp³-hybridized carbons (Fsp3) is 0.273. The van der Waals surface area contributed by atoms with Gasteiger partial charge in [0.1, 0.15) is 5.82 Å². The molecule has 2 aromatic carbocycles. The molecule has 1 heterocycles. The van der Waals surface area contributed by atoms with Gasteiger partial charge in [0.05, 0.1) is 4.90 Å². The molecule has 1 aliphatic rings. The Morgan fingerprint density at radius 2 is 1.68 bits per heavy atom. The molecule has 1 aliphatic heterocycles. The van der Waals surface area contributed by atoms with Crippen molar-refractivity contribution >= 4 is 27.5 Å². The average molecular weight is 446 g/mol. The van der Waals surface area contributed by atoms with Crippen molar-refractivity contribution in [3.8, 4) is 0 Å². The molecular formula is C22H24FN3O4S. The molecule has 2 aromatic rings. The molecule has 0 bridgehead atoms. The van der Waals surface area contributed by atoms with Gasteiger partial charge in [0.25, 0.3) is 15.9 Å². The molecule has 0 saturated carbocycles. The molecule has 2 amide bonds. The molecule has 3 rings (SSSR count). The van der Waals surface area contributed by atoms with Gasteiger partial charge in [-0.25, -0.2) is 12.8 Å². The number of halogens is 1. The number of nitrogens with one attached hydrogen (secondary N) is 2. The second kappa shape index (κ2) is 9.74. The molecule has 2 N–H and O–H groups in total. The lowest BCUT2D eigenvalue weighted by molar-refractivity contribution is -0.126. The summed E-state index contributed by atoms with van der Waals surface area (Å²) in [4.78, 5) is 26.4. The smallest absolute Gasteiger partial charge is 0.261 e. The summed E-state index contributed by atoms with van der Waals surface area (Å²) < 4.78 is 40.2. The number of benzene rings is 2. The molecule has 31 heavy (non-hydrogen) atoms. The Morgan fingerprint density at radius 3 is 2.26 bits per heavy atom. The van der Waals surface area contributed by atoms with Gasteiger partial charge in [0, 0.05) is 36.8 Å². The number of hydrogen-bond acceptors (Lipinski definition) is 4. The number of likely N-dealkylation sites (tertiary alicyclic amines) is 1. The van der Waals surface area contributed by atoms with Crippen LogP contribution in [0.3, 0.4) is 0 Å². The second-order valence-electron chi connectivity index (χ2n) is 7.24. The molecule has 0 radical (unpaired) electrons. The highest BCUT2D eigenvalue weighted by atomic mass is 32.2. The molecule has 0 unspecified atom stereocenters. The van der Waals surface area contributed by atoms with Crippen LogP contribution in [0.5, 0.6) is 0 Å². The normalized spacial score (nSPS) is 14.7. The predicted octanol–water partition coefficient (Wildman–Crippen LogP) is 2.78. The summed E-state index contributed by atoms with van der Waals surface area (Å²) in [6.07, 6.45) is 2.80. The van der Waals surface area contributed by atoms with Gasteiger partial charge in [-0.1, -0.05) is 6.08 Å². The molecule has 164 valence electrons. The van der Waals surface area contributed by atoms with E-state index in [1.54, 1.807) is 23.1 Å². The first-order chi connectivity index (χ1) is 14.8. The van der Waals surface area contributed by atoms with Crippen LogP contribution in [0, 0.1) is 11.7 Å². The van der Waals surface area contributed by atoms with Gasteiger partial charge in [-0.15, -0.1) is 6.58 Å². The van der Waals surface area contributed by atoms with Crippen LogP contribution in [0.4, 0.5) is 10.1 Å². The Hall–Kier alpha value is -3.20. The minimum Gasteiger partial charge on any atom is -0.352 e. The molecule has 1 fully saturated rings. The molecule has 0 atom stereocenters. The zero-order valence-electron chi connectivity index (χ0n) is 16.9. The average Bonchev–Trinajstić information content (AvgIpc) is 2.77. The number of carbonyl (C=O) groups excluding carboxylic acids is 2. The number of piperidine rings is 1. The van der Waals surface area contributed by atoms with Gasteiger partial charge >= 0.3 is 0 Å². The maximum atomic E-state index is 13.0. The van der Waals surface area contributed by atoms with Crippen molar-refractivity contribution < 1.29 is 22.4 Å². The summed E-state index contributed by atoms with van der Waals surface area (Å²) in [7, 11) is -3.86. The molecule has 9 heteroatoms. The molecule has 7 nitrogen and oxygen atoms in total. The first kappa shape index (κ1) is 22.5. The van der Waals surface area contributed by atoms with Gasteiger partial charge in [-0.3, -0.25) is 14.3 Å². The lowest BCUT2D eigenvalue weighted by atomic mass is 9.95. The van der Waals surface area contributed by atoms with Crippen LogP contribution >= 0.6 is 0 Å². The summed E-state index contributed by atoms with van der Waals surface area (Å²) in [5, 5.41) is 2.78. The van der Waals surface area contributed by atoms with Crippen molar-refractivity contribution in [2.75, 3.05) is 24.4 Å². The van der Waals surface area contributed by atoms with Gasteiger partial charge in [-0.05, 0) is 61.4 Å². The Morgan fingerprint density at radius 1 is 1.06 bits per heavy atom. The molecule has 1 saturated heterocycles. The molecule has 0 aromatic heterocycles. The van der Waals surface area contributed by atoms with E-state index in [9.17, 15) is 22.4 Å². The Kier molecular flexibility index (Phi) is 7.06. The van der Waals surface area contributed by atoms with Gasteiger partial charge in [0.2, 0.25) is 5.91 Å². The van der Waals surface area contributed by atoms with Crippen LogP contribution < -0.4 is 10.0 Å². The van der Waals surface area contributed by atoms with E-state index in [0.29, 0.717) is 43.7 Å². The maximum absolute atomic E-state index is 13.0. The summed E-state index contributed by atoms with van der Waals surface area (Å²) >= 11 is 0. The van der Waals surface area contributed by atoms with Gasteiger partial charge in [0.15, 0.2) is 0 Å². The monoisotopic (exact) mass is 445 g/mol. The first-order valence-electron chi connectivity index (χ1n) is 9.86. The standard InChI is InChI=1S/C22H24FN3O4S/c1-2-13-24-21(27)16-11-14-26(15-12-16)22(28)17-3-7-19(8-4-17)25-31(29,30)20-9-5-18(23)6-10-20/h2-10,16,25H,1,11-15H2,(H,24,27). The van der Waals surface area contributed by atoms with Crippen molar-refractivity contribution in [2.45, 2.75) is 17.7 Å². The number of amides is 2. The Labute approximate surface area is 181 Å². The summed E-state index contributed by atoms with van der Waals surface area (Å²) in [6.45, 7) is 4.95. The Bertz CT molecular complexity index is 1050. The third-order valence-electron chi connectivity index (χ3n) is 5.08. The van der Waals surface area contributed by atoms with E-state index < -0.39 is 15.8 Å². The van der Waals surface area contributed by atoms with E-state index in [-0.39, 0.29) is 22.6 Å². The van der Waals surface area contributed by atoms with Crippen molar-refractivity contribution in [2.24, 2.45) is 5.92 Å². The number of rotatable bonds is 7. The van der Waals surface area contributed by atoms with E-state index in [0.717, 1.165) is 12.1 Å². The number of sulfonamides is 1. The minimum absolute atomic E-state index is 0.0233. The zero-order valence-corrected chi connectivity index (χ0v) is 17.7. The first-order valence-corrected chi connectivity index (χ1v) is 11.3. The highest BCUT2D eigenvalue weighted by molar-refractivity contribution is 7.92. The number of carbonyl (C=O) groups is 2. The molecular weight excluding hydrogens is 421 g/mol. The van der Waals surface area contributed by atoms with Crippen LogP contribution in [-0.4, -0.2) is 44.8 Å². The van der Waals surface area contributed by atoms with Crippen molar-refractivity contribution in [1.82, 2.24) is 10.2 Å². The summed E-state index contributed by atoms with van der Waals surface area (Å²) in [5.74, 6) is -0.835. The van der Waals surface area contributed by atoms with Gasteiger partial charge < -0.3 is 10.2 Å². The van der Waals surface area contributed by atoms with E-state index in [1.807, 2.05) is 0 Å². The van der Waals surface area contributed by atoms with E-state index >= 15 is 0 Å². The lowest BCUT2D eigenvalue weighted by Crippen LogP contribution is -2.43. The fourth-order valence-corrected chi connectivity index (χ4v) is 4.41. The van der Waals surface area contributed by atoms with Crippen molar-refractivity contribution in [3.05, 3.63) is 72.6 Å². The topological polar surface area (TPSA) is 95.6 Å². The molecule has 0 aliphatic carbocycles. The predicted molar refractivity (Wildman–Crippen MR) is 115 cm³/mol. The van der Waals surface area contributed by atoms with Crippen LogP contribution in [-0.2, 0) is 14.8 Å². The number of hydrogen-bond donors (Lipinski definition) is 2. The van der Waals surface area contributed by atoms with Gasteiger partial charge in [-0.2, -0.15) is 0 Å². The maximum Gasteiger partial charge on any atom is 0.261 e. The van der Waals surface area contributed by atoms with Crippen LogP contribution in [0.25, 0.3) is 0 Å². The molecule has 0 spiro atoms. The zero-order chi connectivity index (χ0) is 22.4.